The first-order valence-corrected chi connectivity index (χ1v) is 5.13. The predicted molar refractivity (Wildman–Crippen MR) is 69.6 cm³/mol. The van der Waals surface area contributed by atoms with Crippen molar-refractivity contribution in [1.82, 2.24) is 0 Å². The zero-order chi connectivity index (χ0) is 11.4. The maximum atomic E-state index is 4.01. The van der Waals surface area contributed by atoms with Crippen molar-refractivity contribution in [2.75, 3.05) is 0 Å². The van der Waals surface area contributed by atoms with Gasteiger partial charge in [0.1, 0.15) is 0 Å². The van der Waals surface area contributed by atoms with E-state index in [0.717, 1.165) is 5.57 Å². The normalized spacial score (nSPS) is 9.53. The molecule has 1 aromatic rings. The summed E-state index contributed by atoms with van der Waals surface area (Å²) < 4.78 is 0. The van der Waals surface area contributed by atoms with E-state index in [2.05, 4.69) is 39.1 Å². The van der Waals surface area contributed by atoms with E-state index in [0.29, 0.717) is 0 Å². The predicted octanol–water partition coefficient (Wildman–Crippen LogP) is 4.70. The minimum Gasteiger partial charge on any atom is -0.0984 e. The molecule has 1 rings (SSSR count). The summed E-state index contributed by atoms with van der Waals surface area (Å²) in [5.41, 5.74) is 5.99. The molecule has 0 fully saturated rings. The summed E-state index contributed by atoms with van der Waals surface area (Å²) in [4.78, 5) is 0. The molecule has 0 aliphatic heterocycles. The van der Waals surface area contributed by atoms with E-state index in [4.69, 9.17) is 0 Å². The van der Waals surface area contributed by atoms with Crippen molar-refractivity contribution in [2.45, 2.75) is 20.8 Å². The topological polar surface area (TPSA) is 0 Å². The Morgan fingerprint density at radius 2 is 1.60 bits per heavy atom. The molecule has 0 saturated heterocycles. The Morgan fingerprint density at radius 3 is 2.00 bits per heavy atom. The smallest absolute Gasteiger partial charge is 0.0110 e. The summed E-state index contributed by atoms with van der Waals surface area (Å²) in [6, 6.07) is 8.31. The molecule has 0 bridgehead atoms. The maximum Gasteiger partial charge on any atom is -0.0110 e. The molecule has 0 saturated carbocycles. The summed E-state index contributed by atoms with van der Waals surface area (Å²) in [6.07, 6.45) is 1.91. The lowest BCUT2D eigenvalue weighted by Crippen LogP contribution is -1.90. The van der Waals surface area contributed by atoms with Gasteiger partial charge in [-0.15, -0.1) is 0 Å². The standard InChI is InChI=1S/C15H18/c1-6-13(11(2)3)15-10-8-7-9-14(15)12(4)5/h6-10H,1,4H2,2-3,5H3. The summed E-state index contributed by atoms with van der Waals surface area (Å²) in [6.45, 7) is 14.1. The fourth-order valence-corrected chi connectivity index (χ4v) is 1.67. The molecule has 0 aliphatic rings. The van der Waals surface area contributed by atoms with Gasteiger partial charge in [0.2, 0.25) is 0 Å². The van der Waals surface area contributed by atoms with Crippen LogP contribution >= 0.6 is 0 Å². The van der Waals surface area contributed by atoms with Crippen molar-refractivity contribution in [3.63, 3.8) is 0 Å². The summed E-state index contributed by atoms with van der Waals surface area (Å²) in [7, 11) is 0. The molecule has 1 aromatic carbocycles. The van der Waals surface area contributed by atoms with Crippen molar-refractivity contribution in [3.05, 3.63) is 60.2 Å². The Balaban J connectivity index is 3.43. The van der Waals surface area contributed by atoms with Crippen LogP contribution in [0.15, 0.2) is 49.1 Å². The van der Waals surface area contributed by atoms with Crippen molar-refractivity contribution in [2.24, 2.45) is 0 Å². The summed E-state index contributed by atoms with van der Waals surface area (Å²) in [5.74, 6) is 0. The number of rotatable bonds is 3. The number of hydrogen-bond acceptors (Lipinski definition) is 0. The van der Waals surface area contributed by atoms with Gasteiger partial charge in [0.15, 0.2) is 0 Å². The molecule has 0 aliphatic carbocycles. The maximum absolute atomic E-state index is 4.01. The van der Waals surface area contributed by atoms with Crippen molar-refractivity contribution in [1.29, 1.82) is 0 Å². The molecule has 0 heteroatoms. The third-order valence-electron chi connectivity index (χ3n) is 2.42. The highest BCUT2D eigenvalue weighted by Gasteiger charge is 2.05. The largest absolute Gasteiger partial charge is 0.0984 e. The molecule has 0 nitrogen and oxygen atoms in total. The molecule has 0 spiro atoms. The molecule has 0 amide bonds. The van der Waals surface area contributed by atoms with Gasteiger partial charge in [-0.2, -0.15) is 0 Å². The average Bonchev–Trinajstić information content (AvgIpc) is 2.18. The second-order valence-electron chi connectivity index (χ2n) is 3.94. The van der Waals surface area contributed by atoms with E-state index in [1.54, 1.807) is 0 Å². The Bertz CT molecular complexity index is 415. The molecular weight excluding hydrogens is 180 g/mol. The molecule has 15 heavy (non-hydrogen) atoms. The average molecular weight is 198 g/mol. The number of hydrogen-bond donors (Lipinski definition) is 0. The SMILES string of the molecule is C=CC(=C(C)C)c1ccccc1C(=C)C. The van der Waals surface area contributed by atoms with Crippen LogP contribution in [0, 0.1) is 0 Å². The van der Waals surface area contributed by atoms with Gasteiger partial charge < -0.3 is 0 Å². The van der Waals surface area contributed by atoms with E-state index in [1.807, 2.05) is 25.1 Å². The molecule has 0 aromatic heterocycles. The third-order valence-corrected chi connectivity index (χ3v) is 2.42. The van der Waals surface area contributed by atoms with Crippen LogP contribution in [0.5, 0.6) is 0 Å². The highest BCUT2D eigenvalue weighted by Crippen LogP contribution is 2.27. The summed E-state index contributed by atoms with van der Waals surface area (Å²) >= 11 is 0. The van der Waals surface area contributed by atoms with Crippen LogP contribution in [0.25, 0.3) is 11.1 Å². The first kappa shape index (κ1) is 11.5. The van der Waals surface area contributed by atoms with Gasteiger partial charge in [-0.25, -0.2) is 0 Å². The van der Waals surface area contributed by atoms with Crippen LogP contribution in [0.1, 0.15) is 31.9 Å². The van der Waals surface area contributed by atoms with Gasteiger partial charge in [0, 0.05) is 0 Å². The lowest BCUT2D eigenvalue weighted by atomic mass is 9.93. The van der Waals surface area contributed by atoms with E-state index >= 15 is 0 Å². The zero-order valence-electron chi connectivity index (χ0n) is 9.80. The van der Waals surface area contributed by atoms with Crippen LogP contribution in [-0.4, -0.2) is 0 Å². The van der Waals surface area contributed by atoms with Gasteiger partial charge >= 0.3 is 0 Å². The number of allylic oxidation sites excluding steroid dienone is 4. The van der Waals surface area contributed by atoms with Gasteiger partial charge in [0.25, 0.3) is 0 Å². The first-order valence-electron chi connectivity index (χ1n) is 5.13. The highest BCUT2D eigenvalue weighted by atomic mass is 14.1. The fraction of sp³-hybridized carbons (Fsp3) is 0.200. The quantitative estimate of drug-likeness (QED) is 0.617. The van der Waals surface area contributed by atoms with Crippen molar-refractivity contribution in [3.8, 4) is 0 Å². The molecule has 0 N–H and O–H groups in total. The molecular formula is C15H18. The molecule has 0 heterocycles. The second-order valence-corrected chi connectivity index (χ2v) is 3.94. The van der Waals surface area contributed by atoms with Gasteiger partial charge in [-0.05, 0) is 37.5 Å². The minimum absolute atomic E-state index is 1.09. The van der Waals surface area contributed by atoms with Crippen molar-refractivity contribution >= 4 is 11.1 Å². The molecule has 0 radical (unpaired) electrons. The van der Waals surface area contributed by atoms with E-state index < -0.39 is 0 Å². The molecule has 0 atom stereocenters. The minimum atomic E-state index is 1.09. The highest BCUT2D eigenvalue weighted by molar-refractivity contribution is 5.83. The zero-order valence-corrected chi connectivity index (χ0v) is 9.80. The Labute approximate surface area is 92.6 Å². The number of benzene rings is 1. The lowest BCUT2D eigenvalue weighted by Gasteiger charge is -2.11. The van der Waals surface area contributed by atoms with Gasteiger partial charge in [-0.3, -0.25) is 0 Å². The Hall–Kier alpha value is -1.56. The molecule has 78 valence electrons. The van der Waals surface area contributed by atoms with Crippen LogP contribution in [-0.2, 0) is 0 Å². The van der Waals surface area contributed by atoms with Crippen LogP contribution in [0.2, 0.25) is 0 Å². The monoisotopic (exact) mass is 198 g/mol. The van der Waals surface area contributed by atoms with Crippen LogP contribution < -0.4 is 0 Å². The van der Waals surface area contributed by atoms with E-state index in [9.17, 15) is 0 Å². The van der Waals surface area contributed by atoms with Gasteiger partial charge in [-0.1, -0.05) is 54.6 Å². The Kier molecular flexibility index (Phi) is 3.68. The molecule has 0 unspecified atom stereocenters. The van der Waals surface area contributed by atoms with E-state index in [1.165, 1.54) is 22.3 Å². The summed E-state index contributed by atoms with van der Waals surface area (Å²) in [5, 5.41) is 0. The lowest BCUT2D eigenvalue weighted by molar-refractivity contribution is 1.38. The van der Waals surface area contributed by atoms with E-state index in [-0.39, 0.29) is 0 Å². The first-order chi connectivity index (χ1) is 7.07. The van der Waals surface area contributed by atoms with Crippen LogP contribution in [0.4, 0.5) is 0 Å². The van der Waals surface area contributed by atoms with Crippen molar-refractivity contribution < 1.29 is 0 Å². The third kappa shape index (κ3) is 2.47. The van der Waals surface area contributed by atoms with Crippen LogP contribution in [0.3, 0.4) is 0 Å². The fourth-order valence-electron chi connectivity index (χ4n) is 1.67. The Morgan fingerprint density at radius 1 is 1.07 bits per heavy atom. The van der Waals surface area contributed by atoms with Gasteiger partial charge in [0.05, 0.1) is 0 Å². The second kappa shape index (κ2) is 4.79.